The molecule has 1 aromatic rings. The molecule has 0 aliphatic carbocycles. The largest absolute Gasteiger partial charge is 3.00 e. The van der Waals surface area contributed by atoms with Gasteiger partial charge in [-0.2, -0.15) is 0 Å². The van der Waals surface area contributed by atoms with Crippen LogP contribution in [0.3, 0.4) is 0 Å². The number of hydrogen-bond donors (Lipinski definition) is 0. The average Bonchev–Trinajstić information content (AvgIpc) is 2.11. The molecule has 0 saturated heterocycles. The Kier molecular flexibility index (Phi) is 9.42. The smallest absolute Gasteiger partial charge is 0.907 e. The normalized spacial score (nSPS) is 8.75. The Balaban J connectivity index is 0. The van der Waals surface area contributed by atoms with Gasteiger partial charge < -0.3 is 15.1 Å². The Labute approximate surface area is 116 Å². The Morgan fingerprint density at radius 2 is 1.00 bits per heavy atom. The van der Waals surface area contributed by atoms with Crippen molar-refractivity contribution in [1.82, 2.24) is 0 Å². The first-order chi connectivity index (χ1) is 6.77. The van der Waals surface area contributed by atoms with Crippen molar-refractivity contribution in [3.63, 3.8) is 0 Å². The van der Waals surface area contributed by atoms with Gasteiger partial charge in [-0.3, -0.25) is 16.1 Å². The molecule has 16 heavy (non-hydrogen) atoms. The fraction of sp³-hybridized carbons (Fsp3) is 0. The van der Waals surface area contributed by atoms with E-state index in [1.54, 1.807) is 0 Å². The van der Waals surface area contributed by atoms with Crippen molar-refractivity contribution in [3.8, 4) is 0 Å². The van der Waals surface area contributed by atoms with Crippen LogP contribution in [-0.4, -0.2) is 7.32 Å². The van der Waals surface area contributed by atoms with E-state index in [2.05, 4.69) is 0 Å². The molecule has 0 unspecified atom stereocenters. The number of halogens is 5. The summed E-state index contributed by atoms with van der Waals surface area (Å²) >= 11 is 0. The molecule has 1 aromatic carbocycles. The second-order valence-electron chi connectivity index (χ2n) is 1.98. The van der Waals surface area contributed by atoms with E-state index in [1.165, 1.54) is 0 Å². The molecule has 0 amide bonds. The molecule has 0 radical (unpaired) electrons. The van der Waals surface area contributed by atoms with Crippen LogP contribution in [-0.2, 0) is 0 Å². The average molecular weight is 401 g/mol. The van der Waals surface area contributed by atoms with Crippen molar-refractivity contribution >= 4 is 7.32 Å². The van der Waals surface area contributed by atoms with Gasteiger partial charge in [0, 0.05) is 0 Å². The predicted octanol–water partition coefficient (Wildman–Crippen LogP) is -1.77. The fourth-order valence-electron chi connectivity index (χ4n) is 0.495. The maximum Gasteiger partial charge on any atom is 3.00 e. The summed E-state index contributed by atoms with van der Waals surface area (Å²) in [4.78, 5) is 0. The van der Waals surface area contributed by atoms with E-state index < -0.39 is 36.4 Å². The summed E-state index contributed by atoms with van der Waals surface area (Å²) in [5.74, 6) is -10.0. The van der Waals surface area contributed by atoms with Gasteiger partial charge in [-0.1, -0.05) is 0 Å². The van der Waals surface area contributed by atoms with Gasteiger partial charge in [0.2, 0.25) is 0 Å². The van der Waals surface area contributed by atoms with E-state index in [4.69, 9.17) is 15.1 Å². The molecule has 10 heteroatoms. The van der Waals surface area contributed by atoms with Gasteiger partial charge in [-0.15, -0.1) is 6.07 Å². The predicted molar refractivity (Wildman–Crippen MR) is 30.8 cm³/mol. The van der Waals surface area contributed by atoms with Crippen LogP contribution in [0.4, 0.5) is 22.0 Å². The van der Waals surface area contributed by atoms with Gasteiger partial charge in [-0.05, 0) is 0 Å². The monoisotopic (exact) mass is 401 g/mol. The van der Waals surface area contributed by atoms with Crippen molar-refractivity contribution in [2.24, 2.45) is 0 Å². The number of benzene rings is 1. The zero-order chi connectivity index (χ0) is 12.2. The van der Waals surface area contributed by atoms with Gasteiger partial charge in [-0.25, -0.2) is 13.2 Å². The summed E-state index contributed by atoms with van der Waals surface area (Å²) < 4.78 is 59.9. The summed E-state index contributed by atoms with van der Waals surface area (Å²) in [6, 6.07) is 1.02. The van der Waals surface area contributed by atoms with Gasteiger partial charge in [0.25, 0.3) is 0 Å². The van der Waals surface area contributed by atoms with Crippen LogP contribution in [0.15, 0.2) is 0 Å². The molecule has 0 atom stereocenters. The Morgan fingerprint density at radius 1 is 0.750 bits per heavy atom. The van der Waals surface area contributed by atoms with E-state index in [1.807, 2.05) is 0 Å². The second kappa shape index (κ2) is 8.19. The molecule has 0 aliphatic rings. The van der Waals surface area contributed by atoms with E-state index in [9.17, 15) is 22.0 Å². The number of rotatable bonds is 0. The quantitative estimate of drug-likeness (QED) is 0.170. The van der Waals surface area contributed by atoms with E-state index >= 15 is 0 Å². The molecule has 0 fully saturated rings. The third-order valence-electron chi connectivity index (χ3n) is 0.990. The molecule has 96 valence electrons. The van der Waals surface area contributed by atoms with Gasteiger partial charge in [0.1, 0.15) is 0 Å². The molecule has 0 aromatic heterocycles. The summed E-state index contributed by atoms with van der Waals surface area (Å²) in [5.41, 5.74) is 0. The van der Waals surface area contributed by atoms with Crippen molar-refractivity contribution in [2.75, 3.05) is 0 Å². The summed E-state index contributed by atoms with van der Waals surface area (Å²) in [5, 5.41) is 25.2. The summed E-state index contributed by atoms with van der Waals surface area (Å²) in [6.45, 7) is 0. The third-order valence-corrected chi connectivity index (χ3v) is 0.990. The third kappa shape index (κ3) is 5.95. The fourth-order valence-corrected chi connectivity index (χ4v) is 0.495. The van der Waals surface area contributed by atoms with Crippen LogP contribution in [0.1, 0.15) is 0 Å². The van der Waals surface area contributed by atoms with Crippen molar-refractivity contribution in [2.45, 2.75) is 0 Å². The molecular weight excluding hydrogens is 401 g/mol. The Morgan fingerprint density at radius 3 is 1.25 bits per heavy atom. The van der Waals surface area contributed by atoms with E-state index in [0.29, 0.717) is 0 Å². The standard InChI is InChI=1S/C6F5.BO3.Lu/c7-2-1-3(8)5(10)6(11)4(2)9;2-1(3)4;/q-1;-3;+3. The van der Waals surface area contributed by atoms with Crippen molar-refractivity contribution in [1.29, 1.82) is 0 Å². The van der Waals surface area contributed by atoms with Crippen LogP contribution < -0.4 is 15.1 Å². The zero-order valence-corrected chi connectivity index (χ0v) is 8.61. The maximum absolute atomic E-state index is 12.0. The van der Waals surface area contributed by atoms with Crippen molar-refractivity contribution in [3.05, 3.63) is 35.2 Å². The first-order valence-electron chi connectivity index (χ1n) is 3.15. The molecule has 0 aliphatic heterocycles. The number of hydrogen-bond acceptors (Lipinski definition) is 3. The first-order valence-corrected chi connectivity index (χ1v) is 3.15. The van der Waals surface area contributed by atoms with Crippen LogP contribution in [0.5, 0.6) is 0 Å². The van der Waals surface area contributed by atoms with Crippen LogP contribution in [0.2, 0.25) is 0 Å². The minimum Gasteiger partial charge on any atom is -0.907 e. The summed E-state index contributed by atoms with van der Waals surface area (Å²) in [6.07, 6.45) is 0. The van der Waals surface area contributed by atoms with Crippen LogP contribution in [0.25, 0.3) is 0 Å². The minimum atomic E-state index is -2.92. The molecular formula is C6BF5LuO3-. The molecule has 1 rings (SSSR count). The maximum atomic E-state index is 12.0. The zero-order valence-electron chi connectivity index (χ0n) is 6.95. The Hall–Kier alpha value is 0.0487. The molecule has 0 saturated carbocycles. The summed E-state index contributed by atoms with van der Waals surface area (Å²) in [7, 11) is -2.92. The van der Waals surface area contributed by atoms with Crippen LogP contribution in [0, 0.1) is 72.0 Å². The Bertz CT molecular complexity index is 322. The van der Waals surface area contributed by atoms with Gasteiger partial charge in [0.15, 0.2) is 0 Å². The second-order valence-corrected chi connectivity index (χ2v) is 1.98. The van der Waals surface area contributed by atoms with Gasteiger partial charge in [0.05, 0.1) is 29.1 Å². The topological polar surface area (TPSA) is 69.2 Å². The molecule has 3 nitrogen and oxygen atoms in total. The van der Waals surface area contributed by atoms with E-state index in [-0.39, 0.29) is 36.9 Å². The molecule has 0 heterocycles. The van der Waals surface area contributed by atoms with Crippen LogP contribution >= 0.6 is 0 Å². The molecule has 0 bridgehead atoms. The SMILES string of the molecule is Fc1[c-]c(F)c(F)c(F)c1F.[Lu+3].[O-]B([O-])[O-]. The minimum absolute atomic E-state index is 0. The molecule has 0 spiro atoms. The molecule has 0 N–H and O–H groups in total. The van der Waals surface area contributed by atoms with Gasteiger partial charge >= 0.3 is 36.9 Å². The van der Waals surface area contributed by atoms with E-state index in [0.717, 1.165) is 6.07 Å². The first kappa shape index (κ1) is 18.4. The van der Waals surface area contributed by atoms with Crippen molar-refractivity contribution < 1.29 is 73.9 Å².